The number of anilines is 1. The van der Waals surface area contributed by atoms with Crippen LogP contribution in [0, 0.1) is 17.3 Å². The molecule has 3 fully saturated rings. The number of rotatable bonds is 14. The molecule has 0 aromatic heterocycles. The normalized spacial score (nSPS) is 27.3. The Morgan fingerprint density at radius 2 is 1.73 bits per heavy atom. The zero-order valence-electron chi connectivity index (χ0n) is 28.3. The van der Waals surface area contributed by atoms with E-state index in [1.165, 1.54) is 0 Å². The van der Waals surface area contributed by atoms with Crippen LogP contribution in [0.15, 0.2) is 49.6 Å². The summed E-state index contributed by atoms with van der Waals surface area (Å²) in [5, 5.41) is 9.78. The molecule has 45 heavy (non-hydrogen) atoms. The summed E-state index contributed by atoms with van der Waals surface area (Å²) in [5.41, 5.74) is 0.177. The van der Waals surface area contributed by atoms with E-state index in [9.17, 15) is 19.5 Å². The van der Waals surface area contributed by atoms with Crippen molar-refractivity contribution in [3.05, 3.63) is 49.6 Å². The van der Waals surface area contributed by atoms with Crippen LogP contribution in [0.5, 0.6) is 5.75 Å². The molecular formula is C36H53N3O5S. The van der Waals surface area contributed by atoms with E-state index >= 15 is 0 Å². The molecule has 3 aliphatic heterocycles. The minimum atomic E-state index is -0.741. The largest absolute Gasteiger partial charge is 0.494 e. The molecule has 2 unspecified atom stereocenters. The van der Waals surface area contributed by atoms with Gasteiger partial charge >= 0.3 is 0 Å². The third kappa shape index (κ3) is 6.44. The van der Waals surface area contributed by atoms with Crippen molar-refractivity contribution in [3.8, 4) is 5.75 Å². The van der Waals surface area contributed by atoms with Gasteiger partial charge in [-0.3, -0.25) is 14.4 Å². The van der Waals surface area contributed by atoms with Crippen LogP contribution in [0.2, 0.25) is 0 Å². The van der Waals surface area contributed by atoms with Crippen molar-refractivity contribution in [2.24, 2.45) is 17.3 Å². The maximum absolute atomic E-state index is 14.9. The van der Waals surface area contributed by atoms with Gasteiger partial charge in [-0.15, -0.1) is 24.9 Å². The number of fused-ring (bicyclic) bond motifs is 1. The minimum absolute atomic E-state index is 0.0346. The molecule has 3 heterocycles. The fourth-order valence-corrected chi connectivity index (χ4v) is 10.7. The van der Waals surface area contributed by atoms with Crippen molar-refractivity contribution in [1.82, 2.24) is 9.80 Å². The molecule has 0 radical (unpaired) electrons. The highest BCUT2D eigenvalue weighted by Gasteiger charge is 2.77. The molecular weight excluding hydrogens is 586 g/mol. The van der Waals surface area contributed by atoms with Crippen molar-refractivity contribution < 1.29 is 24.2 Å². The van der Waals surface area contributed by atoms with Gasteiger partial charge in [0, 0.05) is 42.2 Å². The third-order valence-corrected chi connectivity index (χ3v) is 11.6. The Balaban J connectivity index is 1.78. The zero-order chi connectivity index (χ0) is 33.4. The number of aliphatic hydroxyl groups is 1. The number of thioether (sulfide) groups is 1. The van der Waals surface area contributed by atoms with E-state index < -0.39 is 32.9 Å². The Hall–Kier alpha value is -2.78. The third-order valence-electron chi connectivity index (χ3n) is 9.64. The summed E-state index contributed by atoms with van der Waals surface area (Å²) in [5.74, 6) is -0.919. The molecule has 0 aliphatic carbocycles. The van der Waals surface area contributed by atoms with Crippen LogP contribution in [-0.4, -0.2) is 86.6 Å². The molecule has 3 aliphatic rings. The van der Waals surface area contributed by atoms with E-state index in [1.54, 1.807) is 33.7 Å². The van der Waals surface area contributed by atoms with Crippen LogP contribution in [0.3, 0.4) is 0 Å². The molecule has 3 amide bonds. The van der Waals surface area contributed by atoms with Gasteiger partial charge in [0.05, 0.1) is 23.2 Å². The molecule has 8 nitrogen and oxygen atoms in total. The molecule has 1 aromatic rings. The quantitative estimate of drug-likeness (QED) is 0.263. The average molecular weight is 640 g/mol. The number of amides is 3. The number of likely N-dealkylation sites (tertiary alicyclic amines) is 1. The monoisotopic (exact) mass is 639 g/mol. The number of nitrogens with zero attached hydrogens (tertiary/aromatic N) is 3. The fourth-order valence-electron chi connectivity index (χ4n) is 8.38. The maximum Gasteiger partial charge on any atom is 0.247 e. The second-order valence-electron chi connectivity index (χ2n) is 14.8. The molecule has 4 rings (SSSR count). The van der Waals surface area contributed by atoms with Crippen molar-refractivity contribution in [1.29, 1.82) is 0 Å². The summed E-state index contributed by atoms with van der Waals surface area (Å²) in [4.78, 5) is 49.5. The first kappa shape index (κ1) is 35.1. The summed E-state index contributed by atoms with van der Waals surface area (Å²) >= 11 is 1.67. The topological polar surface area (TPSA) is 90.4 Å². The average Bonchev–Trinajstić information content (AvgIpc) is 3.52. The summed E-state index contributed by atoms with van der Waals surface area (Å²) in [6.45, 7) is 23.9. The molecule has 9 heteroatoms. The second kappa shape index (κ2) is 13.1. The molecule has 5 atom stereocenters. The first-order valence-electron chi connectivity index (χ1n) is 16.3. The Bertz CT molecular complexity index is 1290. The number of carbonyl (C=O) groups is 3. The van der Waals surface area contributed by atoms with Crippen LogP contribution in [-0.2, 0) is 14.4 Å². The first-order valence-corrected chi connectivity index (χ1v) is 17.1. The highest BCUT2D eigenvalue weighted by atomic mass is 32.2. The van der Waals surface area contributed by atoms with Crippen LogP contribution in [0.4, 0.5) is 5.69 Å². The van der Waals surface area contributed by atoms with E-state index in [1.807, 2.05) is 36.1 Å². The van der Waals surface area contributed by atoms with Gasteiger partial charge in [-0.25, -0.2) is 0 Å². The lowest BCUT2D eigenvalue weighted by Gasteiger charge is -2.46. The van der Waals surface area contributed by atoms with E-state index in [2.05, 4.69) is 54.7 Å². The molecule has 3 saturated heterocycles. The van der Waals surface area contributed by atoms with Gasteiger partial charge in [0.15, 0.2) is 0 Å². The van der Waals surface area contributed by atoms with Gasteiger partial charge in [-0.2, -0.15) is 0 Å². The van der Waals surface area contributed by atoms with Crippen LogP contribution >= 0.6 is 11.8 Å². The molecule has 2 bridgehead atoms. The van der Waals surface area contributed by atoms with Crippen molar-refractivity contribution in [3.63, 3.8) is 0 Å². The lowest BCUT2D eigenvalue weighted by Crippen LogP contribution is -2.60. The Labute approximate surface area is 274 Å². The van der Waals surface area contributed by atoms with Gasteiger partial charge in [0.1, 0.15) is 11.8 Å². The van der Waals surface area contributed by atoms with Gasteiger partial charge in [-0.1, -0.05) is 32.9 Å². The highest BCUT2D eigenvalue weighted by Crippen LogP contribution is 2.71. The smallest absolute Gasteiger partial charge is 0.247 e. The number of hydrogen-bond donors (Lipinski definition) is 1. The summed E-state index contributed by atoms with van der Waals surface area (Å²) in [6, 6.07) is 6.70. The molecule has 248 valence electrons. The van der Waals surface area contributed by atoms with Crippen molar-refractivity contribution in [2.75, 3.05) is 37.7 Å². The predicted molar refractivity (Wildman–Crippen MR) is 182 cm³/mol. The van der Waals surface area contributed by atoms with Crippen LogP contribution < -0.4 is 9.64 Å². The lowest BCUT2D eigenvalue weighted by atomic mass is 9.66. The minimum Gasteiger partial charge on any atom is -0.494 e. The Kier molecular flexibility index (Phi) is 10.2. The maximum atomic E-state index is 14.9. The van der Waals surface area contributed by atoms with E-state index in [-0.39, 0.29) is 36.3 Å². The summed E-state index contributed by atoms with van der Waals surface area (Å²) in [7, 11) is 0. The number of benzene rings is 1. The van der Waals surface area contributed by atoms with Crippen molar-refractivity contribution in [2.45, 2.75) is 95.2 Å². The SMILES string of the molecule is C=CCN(C(=O)[C@H]1[C@H]2C(=O)N(CCCO)C(C(=O)N(CC=C)C(C)(C)CC(C)(C)C)C23CC[C@]1(C)S3)c1ccc(OCC)cc1. The highest BCUT2D eigenvalue weighted by molar-refractivity contribution is 8.02. The van der Waals surface area contributed by atoms with E-state index in [4.69, 9.17) is 4.74 Å². The second-order valence-corrected chi connectivity index (χ2v) is 16.7. The Morgan fingerprint density at radius 1 is 1.09 bits per heavy atom. The lowest BCUT2D eigenvalue weighted by molar-refractivity contribution is -0.146. The Morgan fingerprint density at radius 3 is 2.29 bits per heavy atom. The van der Waals surface area contributed by atoms with Crippen LogP contribution in [0.25, 0.3) is 0 Å². The van der Waals surface area contributed by atoms with Gasteiger partial charge in [0.2, 0.25) is 17.7 Å². The predicted octanol–water partition coefficient (Wildman–Crippen LogP) is 5.70. The molecule has 0 saturated carbocycles. The molecule has 1 N–H and O–H groups in total. The van der Waals surface area contributed by atoms with E-state index in [0.29, 0.717) is 38.2 Å². The standard InChI is InChI=1S/C36H53N3O5S/c1-10-20-37(25-14-16-26(17-15-25)44-12-3)30(41)27-28-31(42)38(22-13-23-40)29(36(28)19-18-35(27,9)45-36)32(43)39(21-11-2)34(7,8)24-33(4,5)6/h10-11,14-17,27-29,40H,1-2,12-13,18-24H2,3-9H3/t27-,28+,29?,35+,36?/m1/s1. The molecule has 1 spiro atoms. The van der Waals surface area contributed by atoms with Gasteiger partial charge in [-0.05, 0) is 83.1 Å². The summed E-state index contributed by atoms with van der Waals surface area (Å²) in [6.07, 6.45) is 5.98. The number of hydrogen-bond acceptors (Lipinski definition) is 6. The summed E-state index contributed by atoms with van der Waals surface area (Å²) < 4.78 is 4.37. The van der Waals surface area contributed by atoms with Gasteiger partial charge < -0.3 is 24.5 Å². The van der Waals surface area contributed by atoms with E-state index in [0.717, 1.165) is 18.6 Å². The number of ether oxygens (including phenoxy) is 1. The first-order chi connectivity index (χ1) is 21.1. The number of aliphatic hydroxyl groups excluding tert-OH is 1. The van der Waals surface area contributed by atoms with Gasteiger partial charge in [0.25, 0.3) is 0 Å². The zero-order valence-corrected chi connectivity index (χ0v) is 29.1. The number of carbonyl (C=O) groups excluding carboxylic acids is 3. The molecule has 1 aromatic carbocycles. The fraction of sp³-hybridized carbons (Fsp3) is 0.639. The van der Waals surface area contributed by atoms with Crippen LogP contribution in [0.1, 0.15) is 74.1 Å². The van der Waals surface area contributed by atoms with Crippen molar-refractivity contribution >= 4 is 35.2 Å².